The van der Waals surface area contributed by atoms with Gasteiger partial charge in [-0.25, -0.2) is 19.8 Å². The van der Waals surface area contributed by atoms with Crippen molar-refractivity contribution < 1.29 is 19.2 Å². The summed E-state index contributed by atoms with van der Waals surface area (Å²) in [6, 6.07) is 22.9. The fraction of sp³-hybridized carbons (Fsp3) is 0.200. The summed E-state index contributed by atoms with van der Waals surface area (Å²) in [5.74, 6) is -2.66. The fourth-order valence-corrected chi connectivity index (χ4v) is 8.71. The zero-order chi connectivity index (χ0) is 27.1. The van der Waals surface area contributed by atoms with Gasteiger partial charge in [0, 0.05) is 9.75 Å². The molecular weight excluding hydrogens is 544 g/mol. The van der Waals surface area contributed by atoms with Gasteiger partial charge in [-0.3, -0.25) is 19.2 Å². The SMILES string of the molecule is O=C1[C@@H]2[C@@H](C(=O)N1c1ccccc1)N1[C@H](c3cccs3)[C@@H]3C(=O)N(c4ccccc4)C(=O)[C@@H]3N1[C@@H]2c1cccs1. The molecule has 0 spiro atoms. The molecule has 4 saturated heterocycles. The maximum atomic E-state index is 14.2. The minimum Gasteiger partial charge on any atom is -0.274 e. The van der Waals surface area contributed by atoms with Crippen LogP contribution in [0.3, 0.4) is 0 Å². The lowest BCUT2D eigenvalue weighted by Gasteiger charge is -2.35. The summed E-state index contributed by atoms with van der Waals surface area (Å²) in [6.07, 6.45) is 0. The smallest absolute Gasteiger partial charge is 0.253 e. The van der Waals surface area contributed by atoms with E-state index in [9.17, 15) is 19.2 Å². The van der Waals surface area contributed by atoms with E-state index in [1.807, 2.05) is 57.2 Å². The van der Waals surface area contributed by atoms with E-state index in [0.717, 1.165) is 9.75 Å². The summed E-state index contributed by atoms with van der Waals surface area (Å²) in [5, 5.41) is 7.70. The second kappa shape index (κ2) is 8.77. The number of benzene rings is 2. The van der Waals surface area contributed by atoms with Crippen LogP contribution < -0.4 is 9.80 Å². The lowest BCUT2D eigenvalue weighted by Crippen LogP contribution is -2.50. The van der Waals surface area contributed by atoms with Crippen molar-refractivity contribution in [1.82, 2.24) is 10.0 Å². The Hall–Kier alpha value is -3.96. The van der Waals surface area contributed by atoms with Gasteiger partial charge in [-0.1, -0.05) is 48.5 Å². The highest BCUT2D eigenvalue weighted by molar-refractivity contribution is 7.10. The van der Waals surface area contributed by atoms with E-state index >= 15 is 0 Å². The molecule has 0 aliphatic carbocycles. The monoisotopic (exact) mass is 566 g/mol. The minimum atomic E-state index is -0.830. The number of hydrogen-bond acceptors (Lipinski definition) is 8. The van der Waals surface area contributed by atoms with Gasteiger partial charge in [0.1, 0.15) is 12.1 Å². The third kappa shape index (κ3) is 3.07. The zero-order valence-electron chi connectivity index (χ0n) is 20.9. The van der Waals surface area contributed by atoms with Crippen LogP contribution >= 0.6 is 22.7 Å². The van der Waals surface area contributed by atoms with E-state index in [0.29, 0.717) is 11.4 Å². The average molecular weight is 567 g/mol. The fourth-order valence-electron chi connectivity index (χ4n) is 6.97. The van der Waals surface area contributed by atoms with Crippen molar-refractivity contribution in [2.75, 3.05) is 9.80 Å². The van der Waals surface area contributed by atoms with Crippen molar-refractivity contribution >= 4 is 57.7 Å². The van der Waals surface area contributed by atoms with Crippen LogP contribution in [0.15, 0.2) is 95.7 Å². The number of carbonyl (C=O) groups is 4. The van der Waals surface area contributed by atoms with E-state index < -0.39 is 36.0 Å². The molecule has 8 nitrogen and oxygen atoms in total. The molecule has 2 aromatic heterocycles. The molecule has 4 aliphatic rings. The van der Waals surface area contributed by atoms with Gasteiger partial charge in [-0.05, 0) is 47.2 Å². The summed E-state index contributed by atoms with van der Waals surface area (Å²) < 4.78 is 0. The molecule has 6 heterocycles. The Kier molecular flexibility index (Phi) is 5.24. The third-order valence-corrected chi connectivity index (χ3v) is 10.3. The number of amides is 4. The lowest BCUT2D eigenvalue weighted by molar-refractivity contribution is -0.135. The summed E-state index contributed by atoms with van der Waals surface area (Å²) in [4.78, 5) is 61.0. The number of thiophene rings is 2. The highest BCUT2D eigenvalue weighted by Gasteiger charge is 2.74. The predicted molar refractivity (Wildman–Crippen MR) is 150 cm³/mol. The number of imide groups is 2. The summed E-state index contributed by atoms with van der Waals surface area (Å²) in [6.45, 7) is 0. The molecule has 0 unspecified atom stereocenters. The molecule has 8 rings (SSSR count). The van der Waals surface area contributed by atoms with Crippen LogP contribution in [0.4, 0.5) is 11.4 Å². The second-order valence-corrected chi connectivity index (χ2v) is 12.3. The van der Waals surface area contributed by atoms with Crippen LogP contribution in [-0.4, -0.2) is 45.7 Å². The molecule has 0 radical (unpaired) electrons. The number of nitrogens with zero attached hydrogens (tertiary/aromatic N) is 4. The quantitative estimate of drug-likeness (QED) is 0.344. The van der Waals surface area contributed by atoms with Crippen LogP contribution in [0.25, 0.3) is 0 Å². The van der Waals surface area contributed by atoms with Crippen LogP contribution in [-0.2, 0) is 19.2 Å². The molecular formula is C30H22N4O4S2. The second-order valence-electron chi connectivity index (χ2n) is 10.3. The Morgan fingerprint density at radius 3 is 1.20 bits per heavy atom. The molecule has 6 atom stereocenters. The molecule has 40 heavy (non-hydrogen) atoms. The van der Waals surface area contributed by atoms with Crippen LogP contribution in [0, 0.1) is 11.8 Å². The standard InChI is InChI=1S/C30H22N4O4S2/c35-27-21-23(19-13-7-15-39-19)34-26-22(28(36)32(30(26)38)18-11-5-2-6-12-18)24(20-14-8-16-40-20)33(34)25(21)29(37)31(27)17-9-3-1-4-10-17/h1-16,21-26H/t21-,22-,23+,24+,25-,26+/m0/s1. The Morgan fingerprint density at radius 1 is 0.450 bits per heavy atom. The maximum absolute atomic E-state index is 14.2. The van der Waals surface area contributed by atoms with Gasteiger partial charge in [-0.15, -0.1) is 22.7 Å². The molecule has 4 aliphatic heterocycles. The van der Waals surface area contributed by atoms with Gasteiger partial charge >= 0.3 is 0 Å². The van der Waals surface area contributed by atoms with E-state index in [-0.39, 0.29) is 23.6 Å². The maximum Gasteiger partial charge on any atom is 0.253 e. The van der Waals surface area contributed by atoms with Crippen molar-refractivity contribution in [2.45, 2.75) is 24.2 Å². The summed E-state index contributed by atoms with van der Waals surface area (Å²) >= 11 is 2.99. The lowest BCUT2D eigenvalue weighted by atomic mass is 9.88. The number of para-hydroxylation sites is 2. The number of fused-ring (bicyclic) bond motifs is 5. The van der Waals surface area contributed by atoms with Crippen LogP contribution in [0.5, 0.6) is 0 Å². The van der Waals surface area contributed by atoms with Gasteiger partial charge < -0.3 is 0 Å². The van der Waals surface area contributed by atoms with Crippen LogP contribution in [0.2, 0.25) is 0 Å². The number of rotatable bonds is 4. The molecule has 10 heteroatoms. The normalized spacial score (nSPS) is 29.9. The van der Waals surface area contributed by atoms with E-state index in [1.54, 1.807) is 48.5 Å². The van der Waals surface area contributed by atoms with Gasteiger partial charge in [0.25, 0.3) is 11.8 Å². The number of hydrogen-bond donors (Lipinski definition) is 0. The van der Waals surface area contributed by atoms with E-state index in [2.05, 4.69) is 0 Å². The Labute approximate surface area is 237 Å². The van der Waals surface area contributed by atoms with Crippen molar-refractivity contribution in [2.24, 2.45) is 11.8 Å². The van der Waals surface area contributed by atoms with Gasteiger partial charge in [0.2, 0.25) is 11.8 Å². The van der Waals surface area contributed by atoms with E-state index in [4.69, 9.17) is 0 Å². The topological polar surface area (TPSA) is 81.2 Å². The molecule has 4 fully saturated rings. The van der Waals surface area contributed by atoms with E-state index in [1.165, 1.54) is 32.5 Å². The molecule has 2 aromatic carbocycles. The van der Waals surface area contributed by atoms with Crippen LogP contribution in [0.1, 0.15) is 21.8 Å². The average Bonchev–Trinajstić information content (AvgIpc) is 3.80. The third-order valence-electron chi connectivity index (χ3n) is 8.42. The largest absolute Gasteiger partial charge is 0.274 e. The molecule has 198 valence electrons. The first-order valence-electron chi connectivity index (χ1n) is 13.1. The van der Waals surface area contributed by atoms with Gasteiger partial charge in [0.05, 0.1) is 35.3 Å². The Morgan fingerprint density at radius 2 is 0.850 bits per heavy atom. The first kappa shape index (κ1) is 23.9. The number of anilines is 2. The number of carbonyl (C=O) groups excluding carboxylic acids is 4. The molecule has 0 bridgehead atoms. The van der Waals surface area contributed by atoms with Crippen molar-refractivity contribution in [3.8, 4) is 0 Å². The van der Waals surface area contributed by atoms with Crippen molar-refractivity contribution in [1.29, 1.82) is 0 Å². The minimum absolute atomic E-state index is 0.285. The summed E-state index contributed by atoms with van der Waals surface area (Å²) in [7, 11) is 0. The number of hydrazine groups is 1. The highest BCUT2D eigenvalue weighted by atomic mass is 32.1. The Balaban J connectivity index is 1.32. The van der Waals surface area contributed by atoms with Gasteiger partial charge in [-0.2, -0.15) is 0 Å². The van der Waals surface area contributed by atoms with Gasteiger partial charge in [0.15, 0.2) is 0 Å². The van der Waals surface area contributed by atoms with Crippen molar-refractivity contribution in [3.63, 3.8) is 0 Å². The zero-order valence-corrected chi connectivity index (χ0v) is 22.6. The Bertz CT molecular complexity index is 1520. The first-order chi connectivity index (χ1) is 19.6. The highest BCUT2D eigenvalue weighted by Crippen LogP contribution is 2.60. The molecule has 0 N–H and O–H groups in total. The first-order valence-corrected chi connectivity index (χ1v) is 14.8. The molecule has 4 aromatic rings. The van der Waals surface area contributed by atoms with Crippen molar-refractivity contribution in [3.05, 3.63) is 105 Å². The molecule has 4 amide bonds. The summed E-state index contributed by atoms with van der Waals surface area (Å²) in [5.41, 5.74) is 1.05. The predicted octanol–water partition coefficient (Wildman–Crippen LogP) is 4.25. The molecule has 0 saturated carbocycles.